The average molecular weight is 381 g/mol. The van der Waals surface area contributed by atoms with E-state index in [0.717, 1.165) is 53.5 Å². The predicted octanol–water partition coefficient (Wildman–Crippen LogP) is 2.24. The van der Waals surface area contributed by atoms with Gasteiger partial charge in [0.1, 0.15) is 7.11 Å². The van der Waals surface area contributed by atoms with E-state index in [-0.39, 0.29) is 18.5 Å². The van der Waals surface area contributed by atoms with Crippen LogP contribution in [0.15, 0.2) is 30.5 Å². The summed E-state index contributed by atoms with van der Waals surface area (Å²) in [6.07, 6.45) is 5.61. The highest BCUT2D eigenvalue weighted by atomic mass is 16.6. The maximum absolute atomic E-state index is 13.0. The van der Waals surface area contributed by atoms with Crippen LogP contribution in [0.5, 0.6) is 0 Å². The fraction of sp³-hybridized carbons (Fsp3) is 0.429. The second kappa shape index (κ2) is 6.29. The molecular formula is C21H23N3O4. The molecule has 0 spiro atoms. The number of nitrogens with zero attached hydrogens (tertiary/aromatic N) is 3. The van der Waals surface area contributed by atoms with Crippen LogP contribution >= 0.6 is 0 Å². The molecule has 2 atom stereocenters. The molecule has 2 aromatic rings. The maximum atomic E-state index is 13.0. The average Bonchev–Trinajstić information content (AvgIpc) is 3.36. The first-order chi connectivity index (χ1) is 13.6. The van der Waals surface area contributed by atoms with Gasteiger partial charge >= 0.3 is 6.09 Å². The number of aromatic nitrogens is 1. The van der Waals surface area contributed by atoms with E-state index in [1.807, 2.05) is 35.4 Å². The van der Waals surface area contributed by atoms with Crippen molar-refractivity contribution in [3.05, 3.63) is 41.6 Å². The van der Waals surface area contributed by atoms with E-state index in [9.17, 15) is 14.7 Å². The highest BCUT2D eigenvalue weighted by molar-refractivity contribution is 6.00. The van der Waals surface area contributed by atoms with Gasteiger partial charge in [-0.2, -0.15) is 4.73 Å². The Balaban J connectivity index is 1.64. The van der Waals surface area contributed by atoms with Crippen molar-refractivity contribution < 1.29 is 19.5 Å². The van der Waals surface area contributed by atoms with E-state index in [1.54, 1.807) is 11.8 Å². The molecule has 0 saturated carbocycles. The van der Waals surface area contributed by atoms with Gasteiger partial charge in [0.15, 0.2) is 0 Å². The lowest BCUT2D eigenvalue weighted by atomic mass is 9.79. The van der Waals surface area contributed by atoms with Gasteiger partial charge in [0, 0.05) is 31.2 Å². The van der Waals surface area contributed by atoms with Crippen LogP contribution in [-0.4, -0.2) is 64.4 Å². The molecule has 1 saturated heterocycles. The summed E-state index contributed by atoms with van der Waals surface area (Å²) >= 11 is 0. The predicted molar refractivity (Wildman–Crippen MR) is 104 cm³/mol. The first-order valence-electron chi connectivity index (χ1n) is 9.76. The minimum atomic E-state index is -0.975. The van der Waals surface area contributed by atoms with Gasteiger partial charge < -0.3 is 14.8 Å². The zero-order valence-corrected chi connectivity index (χ0v) is 15.8. The van der Waals surface area contributed by atoms with Crippen molar-refractivity contribution >= 4 is 28.5 Å². The number of rotatable bonds is 2. The number of hydrogen-bond donors (Lipinski definition) is 1. The number of carboxylic acid groups (broad SMARTS) is 1. The first kappa shape index (κ1) is 17.2. The third-order valence-corrected chi connectivity index (χ3v) is 6.29. The summed E-state index contributed by atoms with van der Waals surface area (Å²) in [5, 5.41) is 11.0. The molecular weight excluding hydrogens is 358 g/mol. The molecule has 146 valence electrons. The Hall–Kier alpha value is -2.96. The van der Waals surface area contributed by atoms with Crippen LogP contribution < -0.4 is 4.84 Å². The third kappa shape index (κ3) is 2.42. The van der Waals surface area contributed by atoms with E-state index in [0.29, 0.717) is 6.42 Å². The number of carbonyl (C=O) groups excluding carboxylic acids is 1. The minimum Gasteiger partial charge on any atom is -0.465 e. The summed E-state index contributed by atoms with van der Waals surface area (Å²) in [5.41, 5.74) is 3.98. The highest BCUT2D eigenvalue weighted by Crippen LogP contribution is 2.42. The lowest BCUT2D eigenvalue weighted by molar-refractivity contribution is -0.133. The quantitative estimate of drug-likeness (QED) is 0.866. The number of hydrogen-bond acceptors (Lipinski definition) is 3. The van der Waals surface area contributed by atoms with E-state index in [1.165, 1.54) is 4.90 Å². The molecule has 1 aliphatic carbocycles. The van der Waals surface area contributed by atoms with E-state index >= 15 is 0 Å². The molecule has 5 rings (SSSR count). The lowest BCUT2D eigenvalue weighted by Gasteiger charge is -2.40. The van der Waals surface area contributed by atoms with Crippen LogP contribution in [0.25, 0.3) is 16.5 Å². The number of amides is 2. The fourth-order valence-electron chi connectivity index (χ4n) is 5.00. The van der Waals surface area contributed by atoms with E-state index < -0.39 is 12.0 Å². The monoisotopic (exact) mass is 381 g/mol. The van der Waals surface area contributed by atoms with E-state index in [4.69, 9.17) is 4.84 Å². The van der Waals surface area contributed by atoms with Crippen LogP contribution in [0.3, 0.4) is 0 Å². The van der Waals surface area contributed by atoms with Gasteiger partial charge in [-0.25, -0.2) is 4.79 Å². The third-order valence-electron chi connectivity index (χ3n) is 6.29. The molecule has 0 radical (unpaired) electrons. The Bertz CT molecular complexity index is 1000. The zero-order valence-electron chi connectivity index (χ0n) is 15.8. The van der Waals surface area contributed by atoms with Crippen molar-refractivity contribution in [1.82, 2.24) is 14.5 Å². The second-order valence-corrected chi connectivity index (χ2v) is 7.78. The maximum Gasteiger partial charge on any atom is 0.407 e. The molecule has 0 unspecified atom stereocenters. The molecule has 1 aromatic heterocycles. The molecule has 0 bridgehead atoms. The normalized spacial score (nSPS) is 23.5. The van der Waals surface area contributed by atoms with Crippen molar-refractivity contribution in [2.24, 2.45) is 5.92 Å². The molecule has 2 aliphatic heterocycles. The molecule has 28 heavy (non-hydrogen) atoms. The Labute approximate surface area is 162 Å². The molecule has 7 nitrogen and oxygen atoms in total. The molecule has 1 N–H and O–H groups in total. The summed E-state index contributed by atoms with van der Waals surface area (Å²) < 4.78 is 1.73. The van der Waals surface area contributed by atoms with Gasteiger partial charge in [0.25, 0.3) is 0 Å². The SMILES string of the molecule is COn1cc2c3c(cccc31)C1=C[C@@H](C(=O)N3CCCC3)CN(C(=O)O)[C@@H]1C2. The Morgan fingerprint density at radius 1 is 1.21 bits per heavy atom. The smallest absolute Gasteiger partial charge is 0.407 e. The largest absolute Gasteiger partial charge is 0.465 e. The first-order valence-corrected chi connectivity index (χ1v) is 9.76. The van der Waals surface area contributed by atoms with Gasteiger partial charge in [-0.1, -0.05) is 18.2 Å². The van der Waals surface area contributed by atoms with Gasteiger partial charge in [-0.3, -0.25) is 9.69 Å². The summed E-state index contributed by atoms with van der Waals surface area (Å²) in [7, 11) is 1.62. The number of fused-ring (bicyclic) bond motifs is 2. The molecule has 3 heterocycles. The van der Waals surface area contributed by atoms with Gasteiger partial charge in [-0.15, -0.1) is 0 Å². The van der Waals surface area contributed by atoms with Crippen molar-refractivity contribution in [3.8, 4) is 0 Å². The van der Waals surface area contributed by atoms with Gasteiger partial charge in [0.05, 0.1) is 17.5 Å². The van der Waals surface area contributed by atoms with Gasteiger partial charge in [-0.05, 0) is 42.0 Å². The number of likely N-dealkylation sites (tertiary alicyclic amines) is 1. The fourth-order valence-corrected chi connectivity index (χ4v) is 5.00. The molecule has 1 aromatic carbocycles. The standard InChI is InChI=1S/C21H23N3O4/c1-28-24-12-13-10-18-16(15-5-4-6-17(24)19(13)15)9-14(11-23(18)21(26)27)20(25)22-7-2-3-8-22/h4-6,9,12,14,18H,2-3,7-8,10-11H2,1H3,(H,26,27)/t14-,18-/m1/s1. The van der Waals surface area contributed by atoms with Crippen LogP contribution in [0, 0.1) is 5.92 Å². The zero-order chi connectivity index (χ0) is 19.4. The van der Waals surface area contributed by atoms with Crippen molar-refractivity contribution in [3.63, 3.8) is 0 Å². The second-order valence-electron chi connectivity index (χ2n) is 7.78. The van der Waals surface area contributed by atoms with Crippen molar-refractivity contribution in [2.45, 2.75) is 25.3 Å². The van der Waals surface area contributed by atoms with Gasteiger partial charge in [0.2, 0.25) is 5.91 Å². The van der Waals surface area contributed by atoms with Crippen molar-refractivity contribution in [1.29, 1.82) is 0 Å². The highest BCUT2D eigenvalue weighted by Gasteiger charge is 2.41. The summed E-state index contributed by atoms with van der Waals surface area (Å²) in [6, 6.07) is 5.70. The lowest BCUT2D eigenvalue weighted by Crippen LogP contribution is -2.51. The number of carbonyl (C=O) groups is 2. The van der Waals surface area contributed by atoms with Crippen LogP contribution in [0.1, 0.15) is 24.0 Å². The van der Waals surface area contributed by atoms with Crippen LogP contribution in [0.4, 0.5) is 4.79 Å². The van der Waals surface area contributed by atoms with Crippen molar-refractivity contribution in [2.75, 3.05) is 26.7 Å². The van der Waals surface area contributed by atoms with Crippen LogP contribution in [0.2, 0.25) is 0 Å². The number of benzene rings is 1. The molecule has 1 fully saturated rings. The topological polar surface area (TPSA) is 75.0 Å². The Morgan fingerprint density at radius 2 is 2.00 bits per heavy atom. The summed E-state index contributed by atoms with van der Waals surface area (Å²) in [4.78, 5) is 33.8. The Kier molecular flexibility index (Phi) is 3.86. The summed E-state index contributed by atoms with van der Waals surface area (Å²) in [6.45, 7) is 1.76. The molecule has 3 aliphatic rings. The van der Waals surface area contributed by atoms with Crippen LogP contribution in [-0.2, 0) is 11.2 Å². The molecule has 7 heteroatoms. The summed E-state index contributed by atoms with van der Waals surface area (Å²) in [5.74, 6) is -0.385. The Morgan fingerprint density at radius 3 is 2.71 bits per heavy atom. The van der Waals surface area contributed by atoms with E-state index in [2.05, 4.69) is 0 Å². The minimum absolute atomic E-state index is 0.0436. The molecule has 2 amide bonds.